The van der Waals surface area contributed by atoms with Crippen molar-refractivity contribution in [3.63, 3.8) is 0 Å². The van der Waals surface area contributed by atoms with Crippen molar-refractivity contribution < 1.29 is 9.18 Å². The number of nitrogens with one attached hydrogen (secondary N) is 2. The molecule has 2 N–H and O–H groups in total. The maximum Gasteiger partial charge on any atom is 0.219 e. The molecule has 1 amide bonds. The van der Waals surface area contributed by atoms with E-state index in [4.69, 9.17) is 23.2 Å². The minimum atomic E-state index is -0.519. The second-order valence-electron chi connectivity index (χ2n) is 6.25. The van der Waals surface area contributed by atoms with E-state index in [9.17, 15) is 9.18 Å². The molecule has 5 nitrogen and oxygen atoms in total. The van der Waals surface area contributed by atoms with Crippen LogP contribution >= 0.6 is 23.2 Å². The molecule has 3 rings (SSSR count). The summed E-state index contributed by atoms with van der Waals surface area (Å²) in [6.07, 6.45) is 0.741. The second kappa shape index (κ2) is 8.59. The fourth-order valence-electron chi connectivity index (χ4n) is 2.84. The molecule has 0 fully saturated rings. The minimum absolute atomic E-state index is 0.0172. The molecule has 2 aromatic heterocycles. The lowest BCUT2D eigenvalue weighted by Gasteiger charge is -2.21. The Morgan fingerprint density at radius 3 is 2.67 bits per heavy atom. The molecule has 0 radical (unpaired) electrons. The van der Waals surface area contributed by atoms with E-state index in [1.54, 1.807) is 29.2 Å². The molecule has 2 heterocycles. The third kappa shape index (κ3) is 5.34. The van der Waals surface area contributed by atoms with Gasteiger partial charge < -0.3 is 15.2 Å². The molecule has 0 saturated heterocycles. The highest BCUT2D eigenvalue weighted by atomic mass is 35.5. The number of carbonyl (C=O) groups excluding carboxylic acids is 1. The topological polar surface area (TPSA) is 61.0 Å². The fraction of sp³-hybridized carbons (Fsp3) is 0.263. The van der Waals surface area contributed by atoms with Crippen molar-refractivity contribution in [2.24, 2.45) is 0 Å². The Morgan fingerprint density at radius 1 is 1.22 bits per heavy atom. The number of hydrogen-bond donors (Lipinski definition) is 2. The molecular formula is C19H19Cl2FN4O. The summed E-state index contributed by atoms with van der Waals surface area (Å²) in [6.45, 7) is 3.22. The van der Waals surface area contributed by atoms with Gasteiger partial charge in [-0.1, -0.05) is 23.2 Å². The maximum absolute atomic E-state index is 13.1. The smallest absolute Gasteiger partial charge is 0.219 e. The number of halogens is 3. The van der Waals surface area contributed by atoms with Gasteiger partial charge >= 0.3 is 0 Å². The molecule has 0 aliphatic heterocycles. The molecule has 0 aliphatic carbocycles. The van der Waals surface area contributed by atoms with Crippen LogP contribution in [-0.4, -0.2) is 33.9 Å². The number of pyridine rings is 1. The van der Waals surface area contributed by atoms with Crippen LogP contribution in [0.4, 0.5) is 10.2 Å². The molecule has 0 aliphatic rings. The van der Waals surface area contributed by atoms with Gasteiger partial charge in [0.1, 0.15) is 11.5 Å². The molecule has 0 bridgehead atoms. The summed E-state index contributed by atoms with van der Waals surface area (Å²) in [5.74, 6) is 0.226. The van der Waals surface area contributed by atoms with Gasteiger partial charge in [-0.15, -0.1) is 0 Å². The van der Waals surface area contributed by atoms with Crippen molar-refractivity contribution in [1.82, 2.24) is 14.9 Å². The first-order valence-corrected chi connectivity index (χ1v) is 9.26. The molecule has 0 spiro atoms. The van der Waals surface area contributed by atoms with E-state index < -0.39 is 5.95 Å². The lowest BCUT2D eigenvalue weighted by Crippen LogP contribution is -2.30. The summed E-state index contributed by atoms with van der Waals surface area (Å²) in [6, 6.07) is 10.1. The Morgan fingerprint density at radius 2 is 1.96 bits per heavy atom. The van der Waals surface area contributed by atoms with Gasteiger partial charge in [-0.2, -0.15) is 4.39 Å². The van der Waals surface area contributed by atoms with E-state index in [-0.39, 0.29) is 5.91 Å². The average Bonchev–Trinajstić information content (AvgIpc) is 2.98. The van der Waals surface area contributed by atoms with Gasteiger partial charge in [-0.3, -0.25) is 4.79 Å². The van der Waals surface area contributed by atoms with Gasteiger partial charge in [0, 0.05) is 42.0 Å². The van der Waals surface area contributed by atoms with Crippen LogP contribution in [0.15, 0.2) is 36.4 Å². The summed E-state index contributed by atoms with van der Waals surface area (Å²) in [4.78, 5) is 20.5. The van der Waals surface area contributed by atoms with Gasteiger partial charge in [0.25, 0.3) is 0 Å². The van der Waals surface area contributed by atoms with Crippen molar-refractivity contribution >= 4 is 46.0 Å². The van der Waals surface area contributed by atoms with Crippen molar-refractivity contribution in [3.05, 3.63) is 58.0 Å². The highest BCUT2D eigenvalue weighted by Gasteiger charge is 2.10. The van der Waals surface area contributed by atoms with E-state index in [0.29, 0.717) is 35.3 Å². The quantitative estimate of drug-likeness (QED) is 0.433. The highest BCUT2D eigenvalue weighted by molar-refractivity contribution is 6.34. The third-order valence-corrected chi connectivity index (χ3v) is 4.54. The van der Waals surface area contributed by atoms with E-state index in [2.05, 4.69) is 15.3 Å². The van der Waals surface area contributed by atoms with Gasteiger partial charge in [0.15, 0.2) is 0 Å². The van der Waals surface area contributed by atoms with Crippen molar-refractivity contribution in [2.75, 3.05) is 18.4 Å². The molecule has 8 heteroatoms. The zero-order valence-electron chi connectivity index (χ0n) is 14.7. The number of hydrogen-bond acceptors (Lipinski definition) is 3. The third-order valence-electron chi connectivity index (χ3n) is 4.11. The molecule has 0 unspecified atom stereocenters. The summed E-state index contributed by atoms with van der Waals surface area (Å²) in [5, 5.41) is 5.16. The Balaban J connectivity index is 1.54. The number of fused-ring (bicyclic) bond motifs is 1. The van der Waals surface area contributed by atoms with Gasteiger partial charge in [-0.05, 0) is 48.4 Å². The molecule has 1 aromatic carbocycles. The van der Waals surface area contributed by atoms with E-state index in [0.717, 1.165) is 23.2 Å². The Bertz CT molecular complexity index is 940. The zero-order valence-corrected chi connectivity index (χ0v) is 16.2. The predicted octanol–water partition coefficient (Wildman–Crippen LogP) is 4.86. The lowest BCUT2D eigenvalue weighted by molar-refractivity contribution is -0.129. The summed E-state index contributed by atoms with van der Waals surface area (Å²) < 4.78 is 13.1. The van der Waals surface area contributed by atoms with Crippen LogP contribution in [-0.2, 0) is 11.3 Å². The minimum Gasteiger partial charge on any atom is -0.372 e. The molecule has 0 atom stereocenters. The van der Waals surface area contributed by atoms with E-state index >= 15 is 0 Å². The molecule has 0 saturated carbocycles. The largest absolute Gasteiger partial charge is 0.372 e. The molecule has 142 valence electrons. The van der Waals surface area contributed by atoms with Crippen LogP contribution in [0.25, 0.3) is 11.0 Å². The molecular weight excluding hydrogens is 390 g/mol. The van der Waals surface area contributed by atoms with Crippen molar-refractivity contribution in [1.29, 1.82) is 0 Å². The number of H-pyrrole nitrogens is 1. The van der Waals surface area contributed by atoms with Crippen LogP contribution in [0.2, 0.25) is 10.0 Å². The number of anilines is 1. The average molecular weight is 409 g/mol. The van der Waals surface area contributed by atoms with Crippen LogP contribution in [0.3, 0.4) is 0 Å². The van der Waals surface area contributed by atoms with Gasteiger partial charge in [0.05, 0.1) is 0 Å². The van der Waals surface area contributed by atoms with Crippen LogP contribution in [0, 0.1) is 5.95 Å². The van der Waals surface area contributed by atoms with Crippen LogP contribution < -0.4 is 5.32 Å². The number of carbonyl (C=O) groups is 1. The summed E-state index contributed by atoms with van der Waals surface area (Å²) in [5.41, 5.74) is 1.39. The highest BCUT2D eigenvalue weighted by Crippen LogP contribution is 2.20. The first-order valence-electron chi connectivity index (χ1n) is 8.50. The van der Waals surface area contributed by atoms with E-state index in [1.165, 1.54) is 13.0 Å². The predicted molar refractivity (Wildman–Crippen MR) is 107 cm³/mol. The summed E-state index contributed by atoms with van der Waals surface area (Å²) in [7, 11) is 0. The zero-order chi connectivity index (χ0) is 19.4. The Hall–Kier alpha value is -2.31. The normalized spacial score (nSPS) is 11.0. The van der Waals surface area contributed by atoms with Gasteiger partial charge in [-0.25, -0.2) is 4.98 Å². The van der Waals surface area contributed by atoms with E-state index in [1.807, 2.05) is 6.07 Å². The number of amides is 1. The first kappa shape index (κ1) is 19.5. The molecule has 3 aromatic rings. The van der Waals surface area contributed by atoms with Crippen LogP contribution in [0.1, 0.15) is 18.9 Å². The first-order chi connectivity index (χ1) is 12.9. The summed E-state index contributed by atoms with van der Waals surface area (Å²) >= 11 is 12.0. The monoisotopic (exact) mass is 408 g/mol. The standard InChI is InChI=1S/C19H19Cl2FN4O/c1-12(27)26(11-13-7-15(20)10-16(21)8-13)6-2-5-23-18-9-14-3-4-17(22)24-19(14)25-18/h3-4,7-10,23H,2,5-6,11H2,1H3,(H,24,25). The number of benzene rings is 1. The Kier molecular flexibility index (Phi) is 6.19. The van der Waals surface area contributed by atoms with Gasteiger partial charge in [0.2, 0.25) is 11.9 Å². The van der Waals surface area contributed by atoms with Crippen molar-refractivity contribution in [3.8, 4) is 0 Å². The lowest BCUT2D eigenvalue weighted by atomic mass is 10.2. The SMILES string of the molecule is CC(=O)N(CCCNc1cc2ccc(F)nc2[nH]1)Cc1cc(Cl)cc(Cl)c1. The fourth-order valence-corrected chi connectivity index (χ4v) is 3.41. The number of aromatic nitrogens is 2. The number of aromatic amines is 1. The van der Waals surface area contributed by atoms with Crippen molar-refractivity contribution in [2.45, 2.75) is 19.9 Å². The number of nitrogens with zero attached hydrogens (tertiary/aromatic N) is 2. The molecule has 27 heavy (non-hydrogen) atoms. The number of rotatable bonds is 7. The second-order valence-corrected chi connectivity index (χ2v) is 7.13. The Labute approximate surface area is 166 Å². The van der Waals surface area contributed by atoms with Crippen LogP contribution in [0.5, 0.6) is 0 Å². The maximum atomic E-state index is 13.1.